The third kappa shape index (κ3) is 5.69. The zero-order valence-electron chi connectivity index (χ0n) is 24.8. The lowest BCUT2D eigenvalue weighted by Gasteiger charge is -2.24. The monoisotopic (exact) mass is 606 g/mol. The van der Waals surface area contributed by atoms with Gasteiger partial charge in [-0.05, 0) is 75.6 Å². The number of thiazole rings is 1. The predicted octanol–water partition coefficient (Wildman–Crippen LogP) is 5.77. The molecule has 2 aliphatic heterocycles. The van der Waals surface area contributed by atoms with Crippen molar-refractivity contribution in [2.45, 2.75) is 59.6 Å². The lowest BCUT2D eigenvalue weighted by atomic mass is 9.94. The highest BCUT2D eigenvalue weighted by Gasteiger charge is 2.49. The maximum atomic E-state index is 13.7. The number of ketones is 1. The molecular formula is C32H34N2O8S. The topological polar surface area (TPSA) is 124 Å². The van der Waals surface area contributed by atoms with Crippen LogP contribution in [-0.4, -0.2) is 53.7 Å². The van der Waals surface area contributed by atoms with Crippen LogP contribution in [0.2, 0.25) is 0 Å². The van der Waals surface area contributed by atoms with Crippen molar-refractivity contribution in [2.24, 2.45) is 0 Å². The fourth-order valence-corrected chi connectivity index (χ4v) is 6.22. The Morgan fingerprint density at radius 3 is 2.60 bits per heavy atom. The van der Waals surface area contributed by atoms with Gasteiger partial charge >= 0.3 is 11.9 Å². The number of nitrogens with zero attached hydrogens (tertiary/aromatic N) is 2. The fourth-order valence-electron chi connectivity index (χ4n) is 5.24. The molecule has 0 aliphatic carbocycles. The van der Waals surface area contributed by atoms with Crippen molar-refractivity contribution < 1.29 is 38.4 Å². The Labute approximate surface area is 253 Å². The highest BCUT2D eigenvalue weighted by atomic mass is 32.1. The number of amides is 1. The molecule has 2 atom stereocenters. The quantitative estimate of drug-likeness (QED) is 0.133. The third-order valence-corrected chi connectivity index (χ3v) is 8.25. The second-order valence-electron chi connectivity index (χ2n) is 10.2. The minimum atomic E-state index is -1.07. The van der Waals surface area contributed by atoms with Crippen LogP contribution >= 0.6 is 11.3 Å². The summed E-state index contributed by atoms with van der Waals surface area (Å²) in [7, 11) is 0. The second kappa shape index (κ2) is 12.5. The number of aliphatic hydroxyl groups is 1. The lowest BCUT2D eigenvalue weighted by molar-refractivity contribution is -0.132. The predicted molar refractivity (Wildman–Crippen MR) is 161 cm³/mol. The molecule has 10 nitrogen and oxygen atoms in total. The largest absolute Gasteiger partial charge is 0.507 e. The summed E-state index contributed by atoms with van der Waals surface area (Å²) >= 11 is 0.954. The molecule has 2 aromatic carbocycles. The molecule has 11 heteroatoms. The summed E-state index contributed by atoms with van der Waals surface area (Å²) in [4.78, 5) is 46.0. The molecule has 43 heavy (non-hydrogen) atoms. The van der Waals surface area contributed by atoms with E-state index in [4.69, 9.17) is 18.9 Å². The van der Waals surface area contributed by atoms with Gasteiger partial charge in [0.1, 0.15) is 22.5 Å². The average Bonchev–Trinajstić information content (AvgIpc) is 3.63. The summed E-state index contributed by atoms with van der Waals surface area (Å²) in [6.07, 6.45) is 1.44. The average molecular weight is 607 g/mol. The van der Waals surface area contributed by atoms with Gasteiger partial charge in [0.15, 0.2) is 16.6 Å². The minimum absolute atomic E-state index is 0.00913. The highest BCUT2D eigenvalue weighted by Crippen LogP contribution is 2.46. The van der Waals surface area contributed by atoms with Gasteiger partial charge in [0, 0.05) is 12.0 Å². The molecule has 0 unspecified atom stereocenters. The van der Waals surface area contributed by atoms with E-state index < -0.39 is 23.7 Å². The number of carbonyl (C=O) groups is 3. The number of aromatic nitrogens is 1. The first-order valence-corrected chi connectivity index (χ1v) is 15.1. The smallest absolute Gasteiger partial charge is 0.350 e. The molecule has 5 rings (SSSR count). The number of Topliss-reactive ketones (excluding diaryl/α,β-unsaturated/α-hetero) is 1. The van der Waals surface area contributed by atoms with Gasteiger partial charge in [-0.15, -0.1) is 0 Å². The van der Waals surface area contributed by atoms with E-state index in [2.05, 4.69) is 4.98 Å². The van der Waals surface area contributed by atoms with Gasteiger partial charge in [-0.1, -0.05) is 24.3 Å². The van der Waals surface area contributed by atoms with Crippen LogP contribution in [0.25, 0.3) is 5.76 Å². The fraction of sp³-hybridized carbons (Fsp3) is 0.375. The van der Waals surface area contributed by atoms with Crippen LogP contribution in [0.1, 0.15) is 72.2 Å². The number of carbonyl (C=O) groups excluding carboxylic acids is 3. The molecular weight excluding hydrogens is 572 g/mol. The standard InChI is InChI=1S/C32H34N2O8S/c1-6-13-41-23-12-9-19(16-24(23)39-7-2)26-25(27(35)20-10-11-22-21(15-20)14-17(4)42-22)28(36)30(37)34(26)32-33-18(5)29(43-32)31(38)40-8-3/h9-12,15-17,26,35H,6-8,13-14H2,1-5H3/t17-,26+/m0/s1. The van der Waals surface area contributed by atoms with Crippen LogP contribution in [0.3, 0.4) is 0 Å². The molecule has 1 aromatic heterocycles. The summed E-state index contributed by atoms with van der Waals surface area (Å²) in [5.41, 5.74) is 2.04. The molecule has 3 aromatic rings. The summed E-state index contributed by atoms with van der Waals surface area (Å²) in [6.45, 7) is 10.1. The van der Waals surface area contributed by atoms with Crippen LogP contribution in [0.5, 0.6) is 17.2 Å². The Bertz CT molecular complexity index is 1610. The summed E-state index contributed by atoms with van der Waals surface area (Å²) < 4.78 is 22.7. The highest BCUT2D eigenvalue weighted by molar-refractivity contribution is 7.17. The van der Waals surface area contributed by atoms with Crippen molar-refractivity contribution in [1.82, 2.24) is 4.98 Å². The van der Waals surface area contributed by atoms with E-state index in [0.717, 1.165) is 29.1 Å². The van der Waals surface area contributed by atoms with Crippen molar-refractivity contribution in [3.63, 3.8) is 0 Å². The van der Waals surface area contributed by atoms with E-state index in [1.54, 1.807) is 50.2 Å². The van der Waals surface area contributed by atoms with Crippen molar-refractivity contribution in [2.75, 3.05) is 24.7 Å². The molecule has 2 aliphatic rings. The van der Waals surface area contributed by atoms with Crippen LogP contribution in [0.15, 0.2) is 42.0 Å². The maximum Gasteiger partial charge on any atom is 0.350 e. The van der Waals surface area contributed by atoms with Gasteiger partial charge in [-0.25, -0.2) is 9.78 Å². The number of fused-ring (bicyclic) bond motifs is 1. The number of hydrogen-bond donors (Lipinski definition) is 1. The Kier molecular flexibility index (Phi) is 8.72. The molecule has 0 saturated carbocycles. The Morgan fingerprint density at radius 1 is 1.09 bits per heavy atom. The molecule has 3 heterocycles. The first-order chi connectivity index (χ1) is 20.7. The lowest BCUT2D eigenvalue weighted by Crippen LogP contribution is -2.29. The number of hydrogen-bond acceptors (Lipinski definition) is 10. The van der Waals surface area contributed by atoms with Gasteiger partial charge in [0.25, 0.3) is 5.78 Å². The Balaban J connectivity index is 1.68. The molecule has 0 radical (unpaired) electrons. The van der Waals surface area contributed by atoms with Gasteiger partial charge in [-0.2, -0.15) is 0 Å². The molecule has 226 valence electrons. The summed E-state index contributed by atoms with van der Waals surface area (Å²) in [6, 6.07) is 9.28. The number of rotatable bonds is 10. The van der Waals surface area contributed by atoms with Crippen LogP contribution in [0.4, 0.5) is 5.13 Å². The summed E-state index contributed by atoms with van der Waals surface area (Å²) in [5, 5.41) is 11.8. The molecule has 1 saturated heterocycles. The first kappa shape index (κ1) is 30.1. The van der Waals surface area contributed by atoms with Crippen LogP contribution < -0.4 is 19.1 Å². The SMILES string of the molecule is CCCOc1ccc([C@@H]2C(=C(O)c3ccc4c(c3)C[C@H](C)O4)C(=O)C(=O)N2c2nc(C)c(C(=O)OCC)s2)cc1OCC. The van der Waals surface area contributed by atoms with E-state index in [-0.39, 0.29) is 34.1 Å². The molecule has 0 bridgehead atoms. The van der Waals surface area contributed by atoms with Crippen LogP contribution in [-0.2, 0) is 20.7 Å². The third-order valence-electron chi connectivity index (χ3n) is 7.11. The van der Waals surface area contributed by atoms with Gasteiger partial charge in [0.05, 0.1) is 37.1 Å². The molecule has 1 amide bonds. The van der Waals surface area contributed by atoms with E-state index in [0.29, 0.717) is 48.0 Å². The van der Waals surface area contributed by atoms with Gasteiger partial charge in [0.2, 0.25) is 0 Å². The number of esters is 1. The number of aliphatic hydroxyl groups excluding tert-OH is 1. The van der Waals surface area contributed by atoms with Gasteiger partial charge < -0.3 is 24.1 Å². The van der Waals surface area contributed by atoms with Crippen molar-refractivity contribution in [3.05, 3.63) is 69.2 Å². The van der Waals surface area contributed by atoms with E-state index in [1.807, 2.05) is 20.8 Å². The van der Waals surface area contributed by atoms with E-state index >= 15 is 0 Å². The molecule has 0 spiro atoms. The first-order valence-electron chi connectivity index (χ1n) is 14.3. The Morgan fingerprint density at radius 2 is 1.88 bits per heavy atom. The zero-order valence-corrected chi connectivity index (χ0v) is 25.6. The number of benzene rings is 2. The zero-order chi connectivity index (χ0) is 30.8. The summed E-state index contributed by atoms with van der Waals surface area (Å²) in [5.74, 6) is -0.966. The van der Waals surface area contributed by atoms with Crippen molar-refractivity contribution in [3.8, 4) is 17.2 Å². The van der Waals surface area contributed by atoms with Crippen molar-refractivity contribution >= 4 is 39.9 Å². The maximum absolute atomic E-state index is 13.7. The number of anilines is 1. The number of aryl methyl sites for hydroxylation is 1. The minimum Gasteiger partial charge on any atom is -0.507 e. The molecule has 1 fully saturated rings. The van der Waals surface area contributed by atoms with Crippen LogP contribution in [0, 0.1) is 6.92 Å². The van der Waals surface area contributed by atoms with E-state index in [1.165, 1.54) is 4.90 Å². The molecule has 1 N–H and O–H groups in total. The number of ether oxygens (including phenoxy) is 4. The van der Waals surface area contributed by atoms with E-state index in [9.17, 15) is 19.5 Å². The normalized spacial score (nSPS) is 18.9. The second-order valence-corrected chi connectivity index (χ2v) is 11.2. The van der Waals surface area contributed by atoms with Crippen molar-refractivity contribution in [1.29, 1.82) is 0 Å². The van der Waals surface area contributed by atoms with Gasteiger partial charge in [-0.3, -0.25) is 14.5 Å². The Hall–Kier alpha value is -4.38.